The van der Waals surface area contributed by atoms with Gasteiger partial charge in [-0.25, -0.2) is 0 Å². The molecule has 2 amide bonds. The van der Waals surface area contributed by atoms with Gasteiger partial charge < -0.3 is 14.6 Å². The van der Waals surface area contributed by atoms with E-state index in [2.05, 4.69) is 33.4 Å². The molecule has 0 aliphatic carbocycles. The van der Waals surface area contributed by atoms with E-state index in [4.69, 9.17) is 17.0 Å². The summed E-state index contributed by atoms with van der Waals surface area (Å²) in [6.45, 7) is 2.03. The number of halogens is 1. The first-order chi connectivity index (χ1) is 17.5. The lowest BCUT2D eigenvalue weighted by Gasteiger charge is -2.14. The molecule has 2 saturated heterocycles. The molecule has 0 bridgehead atoms. The molecule has 0 saturated carbocycles. The lowest BCUT2D eigenvalue weighted by atomic mass is 10.1. The van der Waals surface area contributed by atoms with Crippen LogP contribution in [-0.2, 0) is 27.3 Å². The summed E-state index contributed by atoms with van der Waals surface area (Å²) in [6.07, 6.45) is 6.68. The predicted octanol–water partition coefficient (Wildman–Crippen LogP) is 5.14. The van der Waals surface area contributed by atoms with E-state index in [1.54, 1.807) is 4.90 Å². The molecule has 2 aromatic carbocycles. The second-order valence-corrected chi connectivity index (χ2v) is 11.5. The molecule has 2 fully saturated rings. The van der Waals surface area contributed by atoms with E-state index >= 15 is 0 Å². The summed E-state index contributed by atoms with van der Waals surface area (Å²) in [6, 6.07) is 16.0. The number of carbonyl (C=O) groups is 2. The molecule has 3 aromatic rings. The lowest BCUT2D eigenvalue weighted by Crippen LogP contribution is -2.34. The maximum absolute atomic E-state index is 13.2. The molecule has 0 spiro atoms. The van der Waals surface area contributed by atoms with Crippen LogP contribution in [0.4, 0.5) is 0 Å². The first kappa shape index (κ1) is 25.2. The Bertz CT molecular complexity index is 1330. The van der Waals surface area contributed by atoms with Crippen molar-refractivity contribution in [3.05, 3.63) is 75.2 Å². The SMILES string of the molecule is O=C(Cn1cc(/C=C2\SC(=S)N(CCc3ccccc3)C2=O)c2cc(Br)ccc21)NC[C@H]1CCCO1. The van der Waals surface area contributed by atoms with E-state index in [1.165, 1.54) is 17.3 Å². The van der Waals surface area contributed by atoms with Gasteiger partial charge in [-0.05, 0) is 49.1 Å². The first-order valence-electron chi connectivity index (χ1n) is 11.9. The van der Waals surface area contributed by atoms with E-state index in [0.29, 0.717) is 22.3 Å². The van der Waals surface area contributed by atoms with E-state index in [1.807, 2.05) is 53.2 Å². The molecule has 3 heterocycles. The van der Waals surface area contributed by atoms with Crippen LogP contribution in [0.3, 0.4) is 0 Å². The maximum atomic E-state index is 13.2. The van der Waals surface area contributed by atoms with Crippen molar-refractivity contribution in [3.8, 4) is 0 Å². The van der Waals surface area contributed by atoms with Gasteiger partial charge in [-0.1, -0.05) is 70.2 Å². The summed E-state index contributed by atoms with van der Waals surface area (Å²) >= 11 is 10.4. The second kappa shape index (κ2) is 11.3. The van der Waals surface area contributed by atoms with E-state index in [9.17, 15) is 9.59 Å². The molecule has 5 rings (SSSR count). The molecule has 9 heteroatoms. The molecule has 1 aromatic heterocycles. The molecule has 6 nitrogen and oxygen atoms in total. The number of fused-ring (bicyclic) bond motifs is 1. The predicted molar refractivity (Wildman–Crippen MR) is 152 cm³/mol. The monoisotopic (exact) mass is 583 g/mol. The van der Waals surface area contributed by atoms with Crippen molar-refractivity contribution in [3.63, 3.8) is 0 Å². The minimum Gasteiger partial charge on any atom is -0.376 e. The number of hydrogen-bond acceptors (Lipinski definition) is 5. The molecule has 2 aliphatic heterocycles. The van der Waals surface area contributed by atoms with Crippen LogP contribution in [0.5, 0.6) is 0 Å². The highest BCUT2D eigenvalue weighted by atomic mass is 79.9. The van der Waals surface area contributed by atoms with Gasteiger partial charge >= 0.3 is 0 Å². The van der Waals surface area contributed by atoms with Gasteiger partial charge in [0, 0.05) is 46.8 Å². The quantitative estimate of drug-likeness (QED) is 0.294. The molecule has 1 N–H and O–H groups in total. The zero-order valence-electron chi connectivity index (χ0n) is 19.6. The average molecular weight is 585 g/mol. The Balaban J connectivity index is 1.34. The van der Waals surface area contributed by atoms with Gasteiger partial charge in [-0.15, -0.1) is 0 Å². The zero-order chi connectivity index (χ0) is 25.1. The summed E-state index contributed by atoms with van der Waals surface area (Å²) in [7, 11) is 0. The Morgan fingerprint density at radius 1 is 1.25 bits per heavy atom. The molecule has 0 unspecified atom stereocenters. The molecule has 186 valence electrons. The number of aromatic nitrogens is 1. The van der Waals surface area contributed by atoms with Gasteiger partial charge in [0.2, 0.25) is 5.91 Å². The van der Waals surface area contributed by atoms with Crippen molar-refractivity contribution in [2.45, 2.75) is 31.9 Å². The van der Waals surface area contributed by atoms with Crippen molar-refractivity contribution < 1.29 is 14.3 Å². The van der Waals surface area contributed by atoms with Crippen LogP contribution in [0.25, 0.3) is 17.0 Å². The minimum absolute atomic E-state index is 0.0656. The molecule has 0 radical (unpaired) electrons. The van der Waals surface area contributed by atoms with Gasteiger partial charge in [0.05, 0.1) is 11.0 Å². The van der Waals surface area contributed by atoms with E-state index in [-0.39, 0.29) is 24.5 Å². The molecule has 2 aliphatic rings. The van der Waals surface area contributed by atoms with Crippen LogP contribution in [0.15, 0.2) is 64.1 Å². The smallest absolute Gasteiger partial charge is 0.266 e. The van der Waals surface area contributed by atoms with Crippen molar-refractivity contribution >= 4 is 73.0 Å². The van der Waals surface area contributed by atoms with Crippen LogP contribution in [0, 0.1) is 0 Å². The highest BCUT2D eigenvalue weighted by Gasteiger charge is 2.32. The third-order valence-corrected chi connectivity index (χ3v) is 8.24. The summed E-state index contributed by atoms with van der Waals surface area (Å²) in [5, 5.41) is 3.95. The third kappa shape index (κ3) is 5.75. The Kier molecular flexibility index (Phi) is 7.90. The van der Waals surface area contributed by atoms with E-state index < -0.39 is 0 Å². The molecule has 1 atom stereocenters. The number of nitrogens with zero attached hydrogens (tertiary/aromatic N) is 2. The summed E-state index contributed by atoms with van der Waals surface area (Å²) in [4.78, 5) is 28.1. The number of amides is 2. The minimum atomic E-state index is -0.0777. The molecular weight excluding hydrogens is 558 g/mol. The van der Waals surface area contributed by atoms with Crippen LogP contribution in [-0.4, -0.2) is 51.4 Å². The topological polar surface area (TPSA) is 63.6 Å². The Morgan fingerprint density at radius 2 is 2.08 bits per heavy atom. The number of carbonyl (C=O) groups excluding carboxylic acids is 2. The van der Waals surface area contributed by atoms with Gasteiger partial charge in [0.25, 0.3) is 5.91 Å². The number of rotatable bonds is 8. The Morgan fingerprint density at radius 3 is 2.86 bits per heavy atom. The third-order valence-electron chi connectivity index (χ3n) is 6.37. The zero-order valence-corrected chi connectivity index (χ0v) is 22.8. The average Bonchev–Trinajstić information content (AvgIpc) is 3.57. The van der Waals surface area contributed by atoms with E-state index in [0.717, 1.165) is 46.8 Å². The summed E-state index contributed by atoms with van der Waals surface area (Å²) in [5.41, 5.74) is 2.97. The van der Waals surface area contributed by atoms with Crippen LogP contribution >= 0.6 is 39.9 Å². The fourth-order valence-corrected chi connectivity index (χ4v) is 6.17. The largest absolute Gasteiger partial charge is 0.376 e. The highest BCUT2D eigenvalue weighted by Crippen LogP contribution is 2.35. The summed E-state index contributed by atoms with van der Waals surface area (Å²) < 4.78 is 9.03. The van der Waals surface area contributed by atoms with Crippen molar-refractivity contribution in [2.75, 3.05) is 19.7 Å². The normalized spacial score (nSPS) is 19.1. The van der Waals surface area contributed by atoms with Crippen LogP contribution < -0.4 is 5.32 Å². The maximum Gasteiger partial charge on any atom is 0.266 e. The fourth-order valence-electron chi connectivity index (χ4n) is 4.51. The second-order valence-electron chi connectivity index (χ2n) is 8.88. The van der Waals surface area contributed by atoms with Gasteiger partial charge in [-0.2, -0.15) is 0 Å². The van der Waals surface area contributed by atoms with Gasteiger partial charge in [0.15, 0.2) is 0 Å². The highest BCUT2D eigenvalue weighted by molar-refractivity contribution is 9.10. The lowest BCUT2D eigenvalue weighted by molar-refractivity contribution is -0.122. The molecular formula is C27H26BrN3O3S2. The number of nitrogens with one attached hydrogen (secondary N) is 1. The van der Waals surface area contributed by atoms with Gasteiger partial charge in [0.1, 0.15) is 10.9 Å². The number of ether oxygens (including phenoxy) is 1. The standard InChI is InChI=1S/C27H26BrN3O3S2/c28-20-8-9-23-22(14-20)19(16-30(23)17-25(32)29-15-21-7-4-12-34-21)13-24-26(33)31(27(35)36-24)11-10-18-5-2-1-3-6-18/h1-3,5-6,8-9,13-14,16,21H,4,7,10-12,15,17H2,(H,29,32)/b24-13-/t21-/m1/s1. The summed E-state index contributed by atoms with van der Waals surface area (Å²) in [5.74, 6) is -0.143. The number of thiocarbonyl (C=S) groups is 1. The van der Waals surface area contributed by atoms with Crippen LogP contribution in [0.2, 0.25) is 0 Å². The molecule has 36 heavy (non-hydrogen) atoms. The van der Waals surface area contributed by atoms with Crippen LogP contribution in [0.1, 0.15) is 24.0 Å². The fraction of sp³-hybridized carbons (Fsp3) is 0.296. The van der Waals surface area contributed by atoms with Crippen molar-refractivity contribution in [1.29, 1.82) is 0 Å². The first-order valence-corrected chi connectivity index (χ1v) is 14.0. The number of benzene rings is 2. The van der Waals surface area contributed by atoms with Crippen molar-refractivity contribution in [1.82, 2.24) is 14.8 Å². The Hall–Kier alpha value is -2.46. The van der Waals surface area contributed by atoms with Crippen molar-refractivity contribution in [2.24, 2.45) is 0 Å². The number of hydrogen-bond donors (Lipinski definition) is 1. The van der Waals surface area contributed by atoms with Gasteiger partial charge in [-0.3, -0.25) is 14.5 Å². The number of thioether (sulfide) groups is 1. The Labute approximate surface area is 228 Å².